The van der Waals surface area contributed by atoms with E-state index in [1.807, 2.05) is 11.8 Å². The molecular weight excluding hydrogens is 334 g/mol. The topological polar surface area (TPSA) is 69.9 Å². The van der Waals surface area contributed by atoms with Gasteiger partial charge in [0, 0.05) is 35.1 Å². The maximum atomic E-state index is 12.6. The average molecular weight is 360 g/mol. The number of rotatable bonds is 8. The van der Waals surface area contributed by atoms with Crippen LogP contribution in [-0.2, 0) is 4.79 Å². The molecule has 1 rings (SSSR count). The Labute approximate surface area is 147 Å². The summed E-state index contributed by atoms with van der Waals surface area (Å²) in [6, 6.07) is 0. The Hall–Kier alpha value is -0.940. The lowest BCUT2D eigenvalue weighted by atomic mass is 9.77. The van der Waals surface area contributed by atoms with Gasteiger partial charge in [-0.2, -0.15) is 11.8 Å². The zero-order chi connectivity index (χ0) is 17.4. The Balaban J connectivity index is 2.95. The van der Waals surface area contributed by atoms with Gasteiger partial charge in [-0.25, -0.2) is 0 Å². The Morgan fingerprint density at radius 2 is 2.22 bits per heavy atom. The van der Waals surface area contributed by atoms with Gasteiger partial charge in [0.2, 0.25) is 0 Å². The highest BCUT2D eigenvalue weighted by Crippen LogP contribution is 2.35. The molecule has 0 heterocycles. The Bertz CT molecular complexity index is 502. The molecule has 0 amide bonds. The van der Waals surface area contributed by atoms with Crippen LogP contribution >= 0.6 is 23.4 Å². The van der Waals surface area contributed by atoms with Crippen LogP contribution < -0.4 is 0 Å². The molecule has 23 heavy (non-hydrogen) atoms. The van der Waals surface area contributed by atoms with Gasteiger partial charge in [0.25, 0.3) is 0 Å². The molecule has 0 aromatic carbocycles. The number of Topliss-reactive ketones (excluding diaryl/α,β-unsaturated/α-hetero) is 1. The van der Waals surface area contributed by atoms with E-state index in [1.165, 1.54) is 5.54 Å². The second-order valence-electron chi connectivity index (χ2n) is 5.95. The lowest BCUT2D eigenvalue weighted by molar-refractivity contribution is -0.117. The van der Waals surface area contributed by atoms with Gasteiger partial charge >= 0.3 is 0 Å². The van der Waals surface area contributed by atoms with Crippen LogP contribution in [0, 0.1) is 11.8 Å². The Morgan fingerprint density at radius 3 is 2.74 bits per heavy atom. The van der Waals surface area contributed by atoms with Gasteiger partial charge in [0.1, 0.15) is 0 Å². The van der Waals surface area contributed by atoms with E-state index in [4.69, 9.17) is 16.8 Å². The number of oxime groups is 1. The maximum absolute atomic E-state index is 12.6. The van der Waals surface area contributed by atoms with Crippen molar-refractivity contribution in [2.24, 2.45) is 17.0 Å². The molecule has 0 aromatic heterocycles. The van der Waals surface area contributed by atoms with Crippen LogP contribution in [-0.4, -0.2) is 32.8 Å². The van der Waals surface area contributed by atoms with Crippen molar-refractivity contribution < 1.29 is 15.1 Å². The van der Waals surface area contributed by atoms with Gasteiger partial charge in [-0.1, -0.05) is 36.7 Å². The van der Waals surface area contributed by atoms with Crippen molar-refractivity contribution in [1.82, 2.24) is 0 Å². The first kappa shape index (κ1) is 20.1. The van der Waals surface area contributed by atoms with Crippen LogP contribution in [0.1, 0.15) is 46.5 Å². The van der Waals surface area contributed by atoms with Crippen LogP contribution in [0.15, 0.2) is 28.1 Å². The molecule has 0 bridgehead atoms. The SMILES string of the molecule is CCSC(C)CC1CC(=O)C(C(C/C=C/Cl)/C(C)=N/O)=C(O)C1. The molecule has 4 nitrogen and oxygen atoms in total. The molecule has 0 aliphatic heterocycles. The number of carbonyl (C=O) groups excluding carboxylic acids is 1. The van der Waals surface area contributed by atoms with Crippen molar-refractivity contribution in [2.75, 3.05) is 5.75 Å². The smallest absolute Gasteiger partial charge is 0.163 e. The first-order valence-corrected chi connectivity index (χ1v) is 9.43. The van der Waals surface area contributed by atoms with Crippen molar-refractivity contribution in [3.8, 4) is 0 Å². The number of aliphatic hydroxyl groups excluding tert-OH is 1. The normalized spacial score (nSPS) is 22.7. The number of hydrogen-bond acceptors (Lipinski definition) is 5. The van der Waals surface area contributed by atoms with Crippen LogP contribution in [0.3, 0.4) is 0 Å². The number of ketones is 1. The predicted molar refractivity (Wildman–Crippen MR) is 97.6 cm³/mol. The summed E-state index contributed by atoms with van der Waals surface area (Å²) in [5, 5.41) is 23.2. The summed E-state index contributed by atoms with van der Waals surface area (Å²) in [4.78, 5) is 12.6. The number of thioether (sulfide) groups is 1. The molecule has 1 aliphatic rings. The van der Waals surface area contributed by atoms with E-state index in [-0.39, 0.29) is 17.5 Å². The van der Waals surface area contributed by atoms with Crippen molar-refractivity contribution in [3.63, 3.8) is 0 Å². The fraction of sp³-hybridized carbons (Fsp3) is 0.647. The third-order valence-corrected chi connectivity index (χ3v) is 5.43. The van der Waals surface area contributed by atoms with Crippen molar-refractivity contribution in [2.45, 2.75) is 51.7 Å². The van der Waals surface area contributed by atoms with Crippen molar-refractivity contribution in [3.05, 3.63) is 22.9 Å². The molecule has 0 saturated carbocycles. The van der Waals surface area contributed by atoms with E-state index < -0.39 is 5.92 Å². The minimum atomic E-state index is -0.425. The van der Waals surface area contributed by atoms with Gasteiger partial charge in [-0.3, -0.25) is 4.79 Å². The van der Waals surface area contributed by atoms with Gasteiger partial charge in [0.15, 0.2) is 5.78 Å². The Morgan fingerprint density at radius 1 is 1.52 bits per heavy atom. The van der Waals surface area contributed by atoms with E-state index in [2.05, 4.69) is 19.0 Å². The molecule has 0 fully saturated rings. The maximum Gasteiger partial charge on any atom is 0.163 e. The fourth-order valence-electron chi connectivity index (χ4n) is 3.13. The zero-order valence-electron chi connectivity index (χ0n) is 14.0. The first-order valence-electron chi connectivity index (χ1n) is 7.95. The number of halogens is 1. The number of carbonyl (C=O) groups is 1. The average Bonchev–Trinajstić information content (AvgIpc) is 2.49. The summed E-state index contributed by atoms with van der Waals surface area (Å²) in [6.45, 7) is 5.92. The quantitative estimate of drug-likeness (QED) is 0.366. The highest BCUT2D eigenvalue weighted by atomic mass is 35.5. The molecule has 3 unspecified atom stereocenters. The molecule has 0 aromatic rings. The first-order chi connectivity index (χ1) is 10.9. The van der Waals surface area contributed by atoms with Gasteiger partial charge in [0.05, 0.1) is 11.5 Å². The number of allylic oxidation sites excluding steroid dienone is 3. The highest BCUT2D eigenvalue weighted by molar-refractivity contribution is 7.99. The monoisotopic (exact) mass is 359 g/mol. The lowest BCUT2D eigenvalue weighted by Gasteiger charge is -2.28. The molecule has 1 aliphatic carbocycles. The van der Waals surface area contributed by atoms with Crippen LogP contribution in [0.5, 0.6) is 0 Å². The summed E-state index contributed by atoms with van der Waals surface area (Å²) in [5.41, 5.74) is 2.15. The largest absolute Gasteiger partial charge is 0.512 e. The molecule has 6 heteroatoms. The van der Waals surface area contributed by atoms with Gasteiger partial charge in [-0.15, -0.1) is 0 Å². The van der Waals surface area contributed by atoms with Crippen molar-refractivity contribution >= 4 is 34.9 Å². The highest BCUT2D eigenvalue weighted by Gasteiger charge is 2.33. The second kappa shape index (κ2) is 10.0. The third-order valence-electron chi connectivity index (χ3n) is 4.16. The van der Waals surface area contributed by atoms with Crippen LogP contribution in [0.2, 0.25) is 0 Å². The molecule has 130 valence electrons. The van der Waals surface area contributed by atoms with E-state index >= 15 is 0 Å². The van der Waals surface area contributed by atoms with Gasteiger partial charge < -0.3 is 10.3 Å². The molecule has 0 radical (unpaired) electrons. The summed E-state index contributed by atoms with van der Waals surface area (Å²) in [6.07, 6.45) is 3.99. The second-order valence-corrected chi connectivity index (χ2v) is 7.92. The minimum Gasteiger partial charge on any atom is -0.512 e. The minimum absolute atomic E-state index is 0.0524. The van der Waals surface area contributed by atoms with E-state index in [0.29, 0.717) is 35.8 Å². The van der Waals surface area contributed by atoms with E-state index in [9.17, 15) is 9.90 Å². The Kier molecular flexibility index (Phi) is 8.77. The summed E-state index contributed by atoms with van der Waals surface area (Å²) in [5.74, 6) is 0.884. The van der Waals surface area contributed by atoms with Crippen LogP contribution in [0.4, 0.5) is 0 Å². The standard InChI is InChI=1S/C17H26ClNO3S/c1-4-23-11(2)8-13-9-15(20)17(16(21)10-13)14(6-5-7-18)12(3)19-22/h5,7,11,13-14,20,22H,4,6,8-10H2,1-3H3/b7-5+,19-12+. The molecule has 3 atom stereocenters. The third kappa shape index (κ3) is 5.88. The van der Waals surface area contributed by atoms with Gasteiger partial charge in [-0.05, 0) is 31.4 Å². The summed E-state index contributed by atoms with van der Waals surface area (Å²) in [7, 11) is 0. The molecule has 2 N–H and O–H groups in total. The number of nitrogens with zero attached hydrogens (tertiary/aromatic N) is 1. The summed E-state index contributed by atoms with van der Waals surface area (Å²) >= 11 is 7.44. The zero-order valence-corrected chi connectivity index (χ0v) is 15.5. The molecule has 0 saturated heterocycles. The summed E-state index contributed by atoms with van der Waals surface area (Å²) < 4.78 is 0. The molecular formula is C17H26ClNO3S. The fourth-order valence-corrected chi connectivity index (χ4v) is 4.21. The number of hydrogen-bond donors (Lipinski definition) is 2. The van der Waals surface area contributed by atoms with Crippen LogP contribution in [0.25, 0.3) is 0 Å². The van der Waals surface area contributed by atoms with E-state index in [0.717, 1.165) is 12.2 Å². The lowest BCUT2D eigenvalue weighted by Crippen LogP contribution is -2.28. The van der Waals surface area contributed by atoms with Crippen molar-refractivity contribution in [1.29, 1.82) is 0 Å². The number of aliphatic hydroxyl groups is 1. The molecule has 0 spiro atoms. The van der Waals surface area contributed by atoms with E-state index in [1.54, 1.807) is 13.0 Å². The predicted octanol–water partition coefficient (Wildman–Crippen LogP) is 4.92.